The second-order valence-electron chi connectivity index (χ2n) is 6.37. The number of nitrogens with zero attached hydrogens (tertiary/aromatic N) is 3. The molecule has 0 spiro atoms. The number of carbonyl (C=O) groups is 2. The lowest BCUT2D eigenvalue weighted by Crippen LogP contribution is -2.46. The molecule has 2 aromatic rings. The number of urea groups is 1. The van der Waals surface area contributed by atoms with Gasteiger partial charge >= 0.3 is 6.03 Å². The quantitative estimate of drug-likeness (QED) is 0.882. The van der Waals surface area contributed by atoms with Crippen LogP contribution in [0.1, 0.15) is 18.4 Å². The fourth-order valence-corrected chi connectivity index (χ4v) is 3.16. The first-order chi connectivity index (χ1) is 12.0. The van der Waals surface area contributed by atoms with Crippen LogP contribution >= 0.6 is 0 Å². The number of nitrogens with one attached hydrogen (secondary N) is 1. The molecule has 0 radical (unpaired) electrons. The molecule has 3 N–H and O–H groups in total. The van der Waals surface area contributed by atoms with Crippen LogP contribution < -0.4 is 11.1 Å². The van der Waals surface area contributed by atoms with Crippen molar-refractivity contribution >= 4 is 11.9 Å². The lowest BCUT2D eigenvalue weighted by atomic mass is 9.96. The number of primary amides is 1. The molecule has 7 nitrogen and oxygen atoms in total. The molecule has 2 heterocycles. The average Bonchev–Trinajstić information content (AvgIpc) is 3.01. The highest BCUT2D eigenvalue weighted by Crippen LogP contribution is 2.22. The van der Waals surface area contributed by atoms with Crippen LogP contribution in [0.4, 0.5) is 4.79 Å². The van der Waals surface area contributed by atoms with E-state index in [1.807, 2.05) is 43.6 Å². The molecule has 0 atom stereocenters. The second-order valence-corrected chi connectivity index (χ2v) is 6.37. The van der Waals surface area contributed by atoms with Crippen LogP contribution in [-0.4, -0.2) is 39.7 Å². The van der Waals surface area contributed by atoms with Gasteiger partial charge in [-0.3, -0.25) is 9.48 Å². The second kappa shape index (κ2) is 7.38. The summed E-state index contributed by atoms with van der Waals surface area (Å²) in [5.74, 6) is -0.394. The highest BCUT2D eigenvalue weighted by Gasteiger charge is 2.25. The number of piperidine rings is 1. The zero-order valence-electron chi connectivity index (χ0n) is 14.3. The number of benzene rings is 1. The van der Waals surface area contributed by atoms with Crippen LogP contribution in [0, 0.1) is 5.92 Å². The van der Waals surface area contributed by atoms with Crippen molar-refractivity contribution in [3.05, 3.63) is 42.1 Å². The van der Waals surface area contributed by atoms with Crippen molar-refractivity contribution < 1.29 is 9.59 Å². The third kappa shape index (κ3) is 3.99. The molecule has 1 aromatic heterocycles. The SMILES string of the molecule is Cn1cc(CNC(=O)N2CCC(C(N)=O)CC2)c(-c2ccccc2)n1. The van der Waals surface area contributed by atoms with Crippen molar-refractivity contribution in [1.29, 1.82) is 0 Å². The number of carbonyl (C=O) groups excluding carboxylic acids is 2. The fraction of sp³-hybridized carbons (Fsp3) is 0.389. The summed E-state index contributed by atoms with van der Waals surface area (Å²) in [6, 6.07) is 9.78. The predicted molar refractivity (Wildman–Crippen MR) is 94.4 cm³/mol. The van der Waals surface area contributed by atoms with Gasteiger partial charge in [-0.05, 0) is 12.8 Å². The summed E-state index contributed by atoms with van der Waals surface area (Å²) >= 11 is 0. The maximum absolute atomic E-state index is 12.4. The Morgan fingerprint density at radius 1 is 1.24 bits per heavy atom. The van der Waals surface area contributed by atoms with E-state index in [9.17, 15) is 9.59 Å². The van der Waals surface area contributed by atoms with Crippen LogP contribution in [0.3, 0.4) is 0 Å². The summed E-state index contributed by atoms with van der Waals surface area (Å²) in [5.41, 5.74) is 8.19. The van der Waals surface area contributed by atoms with Gasteiger partial charge in [-0.25, -0.2) is 4.79 Å². The Labute approximate surface area is 146 Å². The highest BCUT2D eigenvalue weighted by atomic mass is 16.2. The van der Waals surface area contributed by atoms with E-state index in [1.165, 1.54) is 0 Å². The van der Waals surface area contributed by atoms with Crippen LogP contribution in [-0.2, 0) is 18.4 Å². The Bertz CT molecular complexity index is 748. The Morgan fingerprint density at radius 2 is 1.92 bits per heavy atom. The van der Waals surface area contributed by atoms with Gasteiger partial charge in [-0.15, -0.1) is 0 Å². The largest absolute Gasteiger partial charge is 0.369 e. The smallest absolute Gasteiger partial charge is 0.317 e. The van der Waals surface area contributed by atoms with E-state index in [1.54, 1.807) is 9.58 Å². The zero-order valence-corrected chi connectivity index (χ0v) is 14.3. The van der Waals surface area contributed by atoms with Crippen LogP contribution in [0.5, 0.6) is 0 Å². The molecule has 0 unspecified atom stereocenters. The number of hydrogen-bond donors (Lipinski definition) is 2. The maximum atomic E-state index is 12.4. The standard InChI is InChI=1S/C18H23N5O2/c1-22-12-15(16(21-22)13-5-3-2-4-6-13)11-20-18(25)23-9-7-14(8-10-23)17(19)24/h2-6,12,14H,7-11H2,1H3,(H2,19,24)(H,20,25). The van der Waals surface area contributed by atoms with Gasteiger partial charge in [-0.2, -0.15) is 5.10 Å². The van der Waals surface area contributed by atoms with Crippen molar-refractivity contribution in [2.75, 3.05) is 13.1 Å². The van der Waals surface area contributed by atoms with Gasteiger partial charge in [0.15, 0.2) is 0 Å². The van der Waals surface area contributed by atoms with Crippen LogP contribution in [0.2, 0.25) is 0 Å². The minimum atomic E-state index is -0.275. The van der Waals surface area contributed by atoms with Gasteiger partial charge in [0.05, 0.1) is 5.69 Å². The minimum Gasteiger partial charge on any atom is -0.369 e. The lowest BCUT2D eigenvalue weighted by molar-refractivity contribution is -0.123. The maximum Gasteiger partial charge on any atom is 0.317 e. The molecule has 0 aliphatic carbocycles. The Balaban J connectivity index is 1.61. The molecular weight excluding hydrogens is 318 g/mol. The molecule has 1 aliphatic heterocycles. The first-order valence-corrected chi connectivity index (χ1v) is 8.44. The molecule has 3 rings (SSSR count). The number of likely N-dealkylation sites (tertiary alicyclic amines) is 1. The Morgan fingerprint density at radius 3 is 2.56 bits per heavy atom. The first-order valence-electron chi connectivity index (χ1n) is 8.44. The average molecular weight is 341 g/mol. The molecule has 0 bridgehead atoms. The number of hydrogen-bond acceptors (Lipinski definition) is 3. The van der Waals surface area contributed by atoms with Gasteiger partial charge < -0.3 is 16.0 Å². The van der Waals surface area contributed by atoms with Crippen LogP contribution in [0.15, 0.2) is 36.5 Å². The number of amides is 3. The molecule has 25 heavy (non-hydrogen) atoms. The van der Waals surface area contributed by atoms with E-state index in [4.69, 9.17) is 5.73 Å². The van der Waals surface area contributed by atoms with Crippen molar-refractivity contribution in [3.8, 4) is 11.3 Å². The van der Waals surface area contributed by atoms with Gasteiger partial charge in [0.25, 0.3) is 0 Å². The number of rotatable bonds is 4. The fourth-order valence-electron chi connectivity index (χ4n) is 3.16. The molecule has 7 heteroatoms. The number of aromatic nitrogens is 2. The summed E-state index contributed by atoms with van der Waals surface area (Å²) in [7, 11) is 1.87. The number of aryl methyl sites for hydroxylation is 1. The summed E-state index contributed by atoms with van der Waals surface area (Å²) in [5, 5.41) is 7.45. The normalized spacial score (nSPS) is 15.2. The monoisotopic (exact) mass is 341 g/mol. The van der Waals surface area contributed by atoms with Gasteiger partial charge in [0, 0.05) is 49.9 Å². The third-order valence-electron chi connectivity index (χ3n) is 4.57. The minimum absolute atomic E-state index is 0.118. The topological polar surface area (TPSA) is 93.3 Å². The van der Waals surface area contributed by atoms with E-state index in [2.05, 4.69) is 10.4 Å². The van der Waals surface area contributed by atoms with E-state index < -0.39 is 0 Å². The summed E-state index contributed by atoms with van der Waals surface area (Å²) in [4.78, 5) is 25.3. The summed E-state index contributed by atoms with van der Waals surface area (Å²) in [6.45, 7) is 1.52. The third-order valence-corrected chi connectivity index (χ3v) is 4.57. The van der Waals surface area contributed by atoms with Crippen molar-refractivity contribution in [2.24, 2.45) is 18.7 Å². The Kier molecular flexibility index (Phi) is 5.02. The molecule has 132 valence electrons. The van der Waals surface area contributed by atoms with Gasteiger partial charge in [-0.1, -0.05) is 30.3 Å². The van der Waals surface area contributed by atoms with Crippen molar-refractivity contribution in [1.82, 2.24) is 20.0 Å². The van der Waals surface area contributed by atoms with Gasteiger partial charge in [0.2, 0.25) is 5.91 Å². The molecule has 0 saturated carbocycles. The van der Waals surface area contributed by atoms with E-state index in [-0.39, 0.29) is 17.9 Å². The highest BCUT2D eigenvalue weighted by molar-refractivity contribution is 5.78. The molecular formula is C18H23N5O2. The van der Waals surface area contributed by atoms with Crippen molar-refractivity contribution in [3.63, 3.8) is 0 Å². The Hall–Kier alpha value is -2.83. The van der Waals surface area contributed by atoms with Crippen LogP contribution in [0.25, 0.3) is 11.3 Å². The van der Waals surface area contributed by atoms with Crippen molar-refractivity contribution in [2.45, 2.75) is 19.4 Å². The molecule has 1 fully saturated rings. The lowest BCUT2D eigenvalue weighted by Gasteiger charge is -2.30. The number of nitrogens with two attached hydrogens (primary N) is 1. The molecule has 1 saturated heterocycles. The van der Waals surface area contributed by atoms with Gasteiger partial charge in [0.1, 0.15) is 0 Å². The van der Waals surface area contributed by atoms with E-state index in [0.717, 1.165) is 16.8 Å². The first kappa shape index (κ1) is 17.0. The summed E-state index contributed by atoms with van der Waals surface area (Å²) in [6.07, 6.45) is 3.18. The van der Waals surface area contributed by atoms with E-state index in [0.29, 0.717) is 32.5 Å². The molecule has 1 aliphatic rings. The van der Waals surface area contributed by atoms with E-state index >= 15 is 0 Å². The predicted octanol–water partition coefficient (Wildman–Crippen LogP) is 1.49. The molecule has 1 aromatic carbocycles. The molecule has 3 amide bonds. The summed E-state index contributed by atoms with van der Waals surface area (Å²) < 4.78 is 1.75. The zero-order chi connectivity index (χ0) is 17.8.